The van der Waals surface area contributed by atoms with Gasteiger partial charge in [0.2, 0.25) is 0 Å². The highest BCUT2D eigenvalue weighted by Gasteiger charge is 2.14. The Balaban J connectivity index is 2.49. The highest BCUT2D eigenvalue weighted by Crippen LogP contribution is 2.27. The van der Waals surface area contributed by atoms with Crippen molar-refractivity contribution in [2.24, 2.45) is 0 Å². The molecule has 0 saturated heterocycles. The molecule has 7 heteroatoms. The first-order valence-electron chi connectivity index (χ1n) is 5.91. The van der Waals surface area contributed by atoms with Crippen LogP contribution in [0.1, 0.15) is 12.6 Å². The molecular formula is C12H15N3O3S. The Morgan fingerprint density at radius 2 is 2.32 bits per heavy atom. The van der Waals surface area contributed by atoms with Crippen LogP contribution in [0.2, 0.25) is 0 Å². The number of carbonyl (C=O) groups is 1. The molecule has 19 heavy (non-hydrogen) atoms. The van der Waals surface area contributed by atoms with Crippen molar-refractivity contribution in [3.63, 3.8) is 0 Å². The normalized spacial score (nSPS) is 10.7. The number of nitrogens with one attached hydrogen (secondary N) is 1. The number of ether oxygens (including phenoxy) is 1. The number of hydrogen-bond donors (Lipinski definition) is 1. The van der Waals surface area contributed by atoms with Crippen LogP contribution in [0.5, 0.6) is 0 Å². The number of esters is 1. The third-order valence-electron chi connectivity index (χ3n) is 2.65. The first kappa shape index (κ1) is 13.5. The molecule has 0 bridgehead atoms. The highest BCUT2D eigenvalue weighted by atomic mass is 32.1. The Morgan fingerprint density at radius 3 is 2.95 bits per heavy atom. The summed E-state index contributed by atoms with van der Waals surface area (Å²) in [5, 5.41) is 8.87. The molecule has 0 aliphatic carbocycles. The quantitative estimate of drug-likeness (QED) is 0.857. The molecule has 0 aromatic carbocycles. The van der Waals surface area contributed by atoms with E-state index in [2.05, 4.69) is 10.4 Å². The minimum atomic E-state index is -0.457. The summed E-state index contributed by atoms with van der Waals surface area (Å²) >= 11 is 1.36. The summed E-state index contributed by atoms with van der Waals surface area (Å²) in [6.45, 7) is 3.67. The van der Waals surface area contributed by atoms with Gasteiger partial charge in [0.1, 0.15) is 11.2 Å². The molecule has 6 nitrogen and oxygen atoms in total. The van der Waals surface area contributed by atoms with Crippen LogP contribution >= 0.6 is 11.3 Å². The van der Waals surface area contributed by atoms with Gasteiger partial charge in [-0.1, -0.05) is 0 Å². The standard InChI is InChI=1S/C12H15N3O3S/c1-4-18-10(16)6-15-12(17)11-8(7(2)14-15)5-9(13-3)19-11/h5,13H,4,6H2,1-3H3. The van der Waals surface area contributed by atoms with Gasteiger partial charge in [-0.15, -0.1) is 11.3 Å². The number of thiophene rings is 1. The van der Waals surface area contributed by atoms with E-state index < -0.39 is 5.97 Å². The predicted molar refractivity (Wildman–Crippen MR) is 74.8 cm³/mol. The molecule has 1 N–H and O–H groups in total. The maximum Gasteiger partial charge on any atom is 0.327 e. The van der Waals surface area contributed by atoms with Crippen LogP contribution in [-0.2, 0) is 16.1 Å². The van der Waals surface area contributed by atoms with Gasteiger partial charge in [-0.3, -0.25) is 9.59 Å². The van der Waals surface area contributed by atoms with Gasteiger partial charge in [-0.05, 0) is 19.9 Å². The van der Waals surface area contributed by atoms with Crippen molar-refractivity contribution < 1.29 is 9.53 Å². The first-order chi connectivity index (χ1) is 9.06. The first-order valence-corrected chi connectivity index (χ1v) is 6.73. The Kier molecular flexibility index (Phi) is 3.84. The molecule has 0 spiro atoms. The molecule has 0 fully saturated rings. The molecular weight excluding hydrogens is 266 g/mol. The van der Waals surface area contributed by atoms with E-state index in [9.17, 15) is 9.59 Å². The lowest BCUT2D eigenvalue weighted by Gasteiger charge is -2.05. The molecule has 0 aliphatic rings. The number of nitrogens with zero attached hydrogens (tertiary/aromatic N) is 2. The Labute approximate surface area is 114 Å². The summed E-state index contributed by atoms with van der Waals surface area (Å²) in [6.07, 6.45) is 0. The fourth-order valence-corrected chi connectivity index (χ4v) is 2.78. The van der Waals surface area contributed by atoms with E-state index in [0.29, 0.717) is 4.70 Å². The SMILES string of the molecule is CCOC(=O)Cn1nc(C)c2cc(NC)sc2c1=O. The molecule has 0 unspecified atom stereocenters. The van der Waals surface area contributed by atoms with E-state index in [0.717, 1.165) is 20.8 Å². The number of anilines is 1. The molecule has 102 valence electrons. The van der Waals surface area contributed by atoms with Gasteiger partial charge in [0.05, 0.1) is 17.3 Å². The summed E-state index contributed by atoms with van der Waals surface area (Å²) in [5.74, 6) is -0.457. The van der Waals surface area contributed by atoms with Crippen LogP contribution in [0.25, 0.3) is 10.1 Å². The van der Waals surface area contributed by atoms with E-state index in [4.69, 9.17) is 4.74 Å². The number of fused-ring (bicyclic) bond motifs is 1. The van der Waals surface area contributed by atoms with Gasteiger partial charge in [0.15, 0.2) is 0 Å². The van der Waals surface area contributed by atoms with Crippen molar-refractivity contribution in [2.45, 2.75) is 20.4 Å². The average molecular weight is 281 g/mol. The van der Waals surface area contributed by atoms with E-state index in [1.807, 2.05) is 13.0 Å². The highest BCUT2D eigenvalue weighted by molar-refractivity contribution is 7.22. The molecule has 2 aromatic heterocycles. The molecule has 2 aromatic rings. The number of carbonyl (C=O) groups excluding carboxylic acids is 1. The van der Waals surface area contributed by atoms with Crippen LogP contribution < -0.4 is 10.9 Å². The predicted octanol–water partition coefficient (Wildman–Crippen LogP) is 1.37. The summed E-state index contributed by atoms with van der Waals surface area (Å²) in [7, 11) is 1.80. The van der Waals surface area contributed by atoms with Gasteiger partial charge < -0.3 is 10.1 Å². The lowest BCUT2D eigenvalue weighted by molar-refractivity contribution is -0.144. The van der Waals surface area contributed by atoms with Gasteiger partial charge in [-0.25, -0.2) is 4.68 Å². The largest absolute Gasteiger partial charge is 0.465 e. The molecule has 0 saturated carbocycles. The Hall–Kier alpha value is -1.89. The zero-order valence-corrected chi connectivity index (χ0v) is 11.8. The van der Waals surface area contributed by atoms with Crippen molar-refractivity contribution >= 4 is 32.4 Å². The Morgan fingerprint density at radius 1 is 1.58 bits per heavy atom. The summed E-state index contributed by atoms with van der Waals surface area (Å²) in [4.78, 5) is 23.7. The van der Waals surface area contributed by atoms with Crippen LogP contribution in [0, 0.1) is 6.92 Å². The van der Waals surface area contributed by atoms with Crippen LogP contribution in [0.3, 0.4) is 0 Å². The van der Waals surface area contributed by atoms with E-state index in [1.54, 1.807) is 14.0 Å². The molecule has 2 heterocycles. The second kappa shape index (κ2) is 5.40. The summed E-state index contributed by atoms with van der Waals surface area (Å²) < 4.78 is 6.59. The average Bonchev–Trinajstić information content (AvgIpc) is 2.81. The van der Waals surface area contributed by atoms with Crippen LogP contribution in [0.4, 0.5) is 5.00 Å². The van der Waals surface area contributed by atoms with Crippen molar-refractivity contribution in [3.05, 3.63) is 22.1 Å². The van der Waals surface area contributed by atoms with Gasteiger partial charge in [-0.2, -0.15) is 5.10 Å². The maximum absolute atomic E-state index is 12.2. The second-order valence-corrected chi connectivity index (χ2v) is 5.01. The zero-order chi connectivity index (χ0) is 14.0. The van der Waals surface area contributed by atoms with E-state index in [-0.39, 0.29) is 18.7 Å². The smallest absolute Gasteiger partial charge is 0.327 e. The maximum atomic E-state index is 12.2. The van der Waals surface area contributed by atoms with Gasteiger partial charge in [0.25, 0.3) is 5.56 Å². The van der Waals surface area contributed by atoms with Crippen molar-refractivity contribution in [3.8, 4) is 0 Å². The summed E-state index contributed by atoms with van der Waals surface area (Å²) in [5.41, 5.74) is 0.455. The van der Waals surface area contributed by atoms with E-state index in [1.165, 1.54) is 11.3 Å². The topological polar surface area (TPSA) is 73.2 Å². The van der Waals surface area contributed by atoms with Gasteiger partial charge in [0, 0.05) is 12.4 Å². The fraction of sp³-hybridized carbons (Fsp3) is 0.417. The molecule has 0 amide bonds. The van der Waals surface area contributed by atoms with Gasteiger partial charge >= 0.3 is 5.97 Å². The number of aryl methyl sites for hydroxylation is 1. The fourth-order valence-electron chi connectivity index (χ4n) is 1.78. The minimum absolute atomic E-state index is 0.157. The third kappa shape index (κ3) is 2.60. The monoisotopic (exact) mass is 281 g/mol. The summed E-state index contributed by atoms with van der Waals surface area (Å²) in [6, 6.07) is 1.89. The van der Waals surface area contributed by atoms with E-state index >= 15 is 0 Å². The van der Waals surface area contributed by atoms with Crippen molar-refractivity contribution in [1.82, 2.24) is 9.78 Å². The number of aromatic nitrogens is 2. The minimum Gasteiger partial charge on any atom is -0.465 e. The van der Waals surface area contributed by atoms with Crippen LogP contribution in [0.15, 0.2) is 10.9 Å². The Bertz CT molecular complexity index is 675. The lowest BCUT2D eigenvalue weighted by Crippen LogP contribution is -2.27. The molecule has 2 rings (SSSR count). The zero-order valence-electron chi connectivity index (χ0n) is 11.0. The van der Waals surface area contributed by atoms with Crippen molar-refractivity contribution in [2.75, 3.05) is 19.0 Å². The second-order valence-electron chi connectivity index (χ2n) is 3.96. The molecule has 0 aliphatic heterocycles. The van der Waals surface area contributed by atoms with Crippen LogP contribution in [-0.4, -0.2) is 29.4 Å². The molecule has 0 radical (unpaired) electrons. The third-order valence-corrected chi connectivity index (χ3v) is 3.79. The number of rotatable bonds is 4. The lowest BCUT2D eigenvalue weighted by atomic mass is 10.3. The number of hydrogen-bond acceptors (Lipinski definition) is 6. The van der Waals surface area contributed by atoms with Crippen molar-refractivity contribution in [1.29, 1.82) is 0 Å². The molecule has 0 atom stereocenters.